The molecule has 0 radical (unpaired) electrons. The molecular weight excluding hydrogens is 485 g/mol. The van der Waals surface area contributed by atoms with Crippen LogP contribution >= 0.6 is 15.9 Å². The van der Waals surface area contributed by atoms with Gasteiger partial charge in [-0.05, 0) is 53.6 Å². The van der Waals surface area contributed by atoms with Crippen LogP contribution in [0.4, 0.5) is 4.39 Å². The molecular formula is C26H23BrFN3O2. The maximum absolute atomic E-state index is 13.4. The van der Waals surface area contributed by atoms with Gasteiger partial charge in [0.25, 0.3) is 5.56 Å². The lowest BCUT2D eigenvalue weighted by molar-refractivity contribution is 0.305. The second-order valence-electron chi connectivity index (χ2n) is 8.70. The molecule has 4 aromatic rings. The third-order valence-corrected chi connectivity index (χ3v) is 5.45. The minimum Gasteiger partial charge on any atom is -0.489 e. The van der Waals surface area contributed by atoms with Gasteiger partial charge in [0.1, 0.15) is 24.0 Å². The summed E-state index contributed by atoms with van der Waals surface area (Å²) in [5.74, 6) is 0.886. The number of ether oxygens (including phenoxy) is 1. The molecule has 0 aliphatic heterocycles. The van der Waals surface area contributed by atoms with Crippen LogP contribution < -0.4 is 10.3 Å². The van der Waals surface area contributed by atoms with Gasteiger partial charge in [0.15, 0.2) is 0 Å². The number of aromatic nitrogens is 2. The fraction of sp³-hybridized carbons (Fsp3) is 0.192. The van der Waals surface area contributed by atoms with Gasteiger partial charge in [0, 0.05) is 9.89 Å². The summed E-state index contributed by atoms with van der Waals surface area (Å²) in [4.78, 5) is 18.0. The zero-order valence-corrected chi connectivity index (χ0v) is 20.1. The highest BCUT2D eigenvalue weighted by Crippen LogP contribution is 2.23. The van der Waals surface area contributed by atoms with E-state index in [0.717, 1.165) is 15.6 Å². The molecule has 3 aromatic carbocycles. The number of rotatable bonds is 5. The van der Waals surface area contributed by atoms with Crippen molar-refractivity contribution in [3.8, 4) is 5.75 Å². The monoisotopic (exact) mass is 507 g/mol. The quantitative estimate of drug-likeness (QED) is 0.308. The molecule has 0 atom stereocenters. The van der Waals surface area contributed by atoms with Crippen molar-refractivity contribution < 1.29 is 9.13 Å². The molecule has 1 heterocycles. The molecule has 0 saturated carbocycles. The predicted molar refractivity (Wildman–Crippen MR) is 133 cm³/mol. The molecule has 168 valence electrons. The highest BCUT2D eigenvalue weighted by atomic mass is 79.9. The third-order valence-electron chi connectivity index (χ3n) is 4.95. The van der Waals surface area contributed by atoms with Gasteiger partial charge in [-0.1, -0.05) is 61.0 Å². The average Bonchev–Trinajstić information content (AvgIpc) is 2.77. The Morgan fingerprint density at radius 2 is 1.88 bits per heavy atom. The summed E-state index contributed by atoms with van der Waals surface area (Å²) < 4.78 is 21.3. The standard InChI is InChI=1S/C26H23BrFN3O2/c1-26(2,3)25-30-23-11-10-19(27)14-22(23)24(32)31(25)29-15-17-6-5-9-21(13-17)33-16-18-7-4-8-20(28)12-18/h4-15H,16H2,1-3H3. The maximum Gasteiger partial charge on any atom is 0.282 e. The number of nitrogens with zero attached hydrogens (tertiary/aromatic N) is 3. The Labute approximate surface area is 199 Å². The van der Waals surface area contributed by atoms with Crippen LogP contribution in [0.1, 0.15) is 37.7 Å². The first-order chi connectivity index (χ1) is 15.7. The highest BCUT2D eigenvalue weighted by Gasteiger charge is 2.22. The maximum atomic E-state index is 13.4. The first-order valence-corrected chi connectivity index (χ1v) is 11.2. The van der Waals surface area contributed by atoms with E-state index >= 15 is 0 Å². The van der Waals surface area contributed by atoms with Crippen molar-refractivity contribution >= 4 is 33.0 Å². The van der Waals surface area contributed by atoms with Crippen LogP contribution in [0.15, 0.2) is 81.1 Å². The Morgan fingerprint density at radius 3 is 2.64 bits per heavy atom. The van der Waals surface area contributed by atoms with Crippen LogP contribution in [0, 0.1) is 5.82 Å². The van der Waals surface area contributed by atoms with Crippen molar-refractivity contribution in [3.05, 3.63) is 104 Å². The predicted octanol–water partition coefficient (Wildman–Crippen LogP) is 6.06. The third kappa shape index (κ3) is 5.37. The number of hydrogen-bond acceptors (Lipinski definition) is 4. The van der Waals surface area contributed by atoms with Crippen LogP contribution in [0.2, 0.25) is 0 Å². The van der Waals surface area contributed by atoms with Gasteiger partial charge in [0.2, 0.25) is 0 Å². The lowest BCUT2D eigenvalue weighted by Gasteiger charge is -2.20. The van der Waals surface area contributed by atoms with E-state index in [9.17, 15) is 9.18 Å². The van der Waals surface area contributed by atoms with E-state index in [0.29, 0.717) is 22.5 Å². The molecule has 0 fully saturated rings. The highest BCUT2D eigenvalue weighted by molar-refractivity contribution is 9.10. The summed E-state index contributed by atoms with van der Waals surface area (Å²) >= 11 is 3.42. The van der Waals surface area contributed by atoms with Gasteiger partial charge in [-0.2, -0.15) is 9.78 Å². The van der Waals surface area contributed by atoms with Gasteiger partial charge >= 0.3 is 0 Å². The van der Waals surface area contributed by atoms with Crippen molar-refractivity contribution in [2.75, 3.05) is 0 Å². The van der Waals surface area contributed by atoms with E-state index < -0.39 is 5.41 Å². The first kappa shape index (κ1) is 22.9. The number of hydrogen-bond donors (Lipinski definition) is 0. The van der Waals surface area contributed by atoms with Crippen molar-refractivity contribution in [2.24, 2.45) is 5.10 Å². The van der Waals surface area contributed by atoms with Crippen molar-refractivity contribution in [2.45, 2.75) is 32.8 Å². The van der Waals surface area contributed by atoms with Gasteiger partial charge in [-0.3, -0.25) is 4.79 Å². The molecule has 0 bridgehead atoms. The molecule has 7 heteroatoms. The molecule has 5 nitrogen and oxygen atoms in total. The normalized spacial score (nSPS) is 11.9. The second-order valence-corrected chi connectivity index (χ2v) is 9.62. The topological polar surface area (TPSA) is 56.5 Å². The molecule has 0 unspecified atom stereocenters. The number of fused-ring (bicyclic) bond motifs is 1. The van der Waals surface area contributed by atoms with Crippen molar-refractivity contribution in [1.82, 2.24) is 9.66 Å². The van der Waals surface area contributed by atoms with Gasteiger partial charge < -0.3 is 4.74 Å². The van der Waals surface area contributed by atoms with Gasteiger partial charge in [0.05, 0.1) is 17.1 Å². The molecule has 0 saturated heterocycles. The van der Waals surface area contributed by atoms with Crippen LogP contribution in [0.25, 0.3) is 10.9 Å². The zero-order valence-electron chi connectivity index (χ0n) is 18.5. The van der Waals surface area contributed by atoms with Crippen molar-refractivity contribution in [1.29, 1.82) is 0 Å². The number of benzene rings is 3. The molecule has 33 heavy (non-hydrogen) atoms. The van der Waals surface area contributed by atoms with Gasteiger partial charge in [-0.25, -0.2) is 9.37 Å². The first-order valence-electron chi connectivity index (χ1n) is 10.5. The second kappa shape index (κ2) is 9.27. The van der Waals surface area contributed by atoms with Crippen LogP contribution in [-0.2, 0) is 12.0 Å². The summed E-state index contributed by atoms with van der Waals surface area (Å²) in [6, 6.07) is 19.1. The van der Waals surface area contributed by atoms with Crippen LogP contribution in [0.5, 0.6) is 5.75 Å². The summed E-state index contributed by atoms with van der Waals surface area (Å²) in [5.41, 5.74) is 1.50. The van der Waals surface area contributed by atoms with Crippen molar-refractivity contribution in [3.63, 3.8) is 0 Å². The van der Waals surface area contributed by atoms with Gasteiger partial charge in [-0.15, -0.1) is 0 Å². The summed E-state index contributed by atoms with van der Waals surface area (Å²) in [6.45, 7) is 6.22. The molecule has 0 amide bonds. The summed E-state index contributed by atoms with van der Waals surface area (Å²) in [7, 11) is 0. The Bertz CT molecular complexity index is 1410. The van der Waals surface area contributed by atoms with E-state index in [-0.39, 0.29) is 18.0 Å². The van der Waals surface area contributed by atoms with E-state index in [2.05, 4.69) is 21.0 Å². The SMILES string of the molecule is CC(C)(C)c1nc2ccc(Br)cc2c(=O)n1N=Cc1cccc(OCc2cccc(F)c2)c1. The van der Waals surface area contributed by atoms with E-state index in [1.54, 1.807) is 24.4 Å². The minimum absolute atomic E-state index is 0.235. The Balaban J connectivity index is 1.66. The molecule has 0 aliphatic rings. The minimum atomic E-state index is -0.395. The summed E-state index contributed by atoms with van der Waals surface area (Å²) in [6.07, 6.45) is 1.61. The molecule has 1 aromatic heterocycles. The van der Waals surface area contributed by atoms with Crippen LogP contribution in [-0.4, -0.2) is 15.9 Å². The molecule has 0 N–H and O–H groups in total. The lowest BCUT2D eigenvalue weighted by atomic mass is 9.95. The lowest BCUT2D eigenvalue weighted by Crippen LogP contribution is -2.29. The van der Waals surface area contributed by atoms with E-state index in [1.165, 1.54) is 16.8 Å². The molecule has 0 spiro atoms. The fourth-order valence-corrected chi connectivity index (χ4v) is 3.70. The zero-order chi connectivity index (χ0) is 23.6. The average molecular weight is 508 g/mol. The van der Waals surface area contributed by atoms with E-state index in [1.807, 2.05) is 57.2 Å². The summed E-state index contributed by atoms with van der Waals surface area (Å²) in [5, 5.41) is 4.98. The van der Waals surface area contributed by atoms with E-state index in [4.69, 9.17) is 9.72 Å². The Morgan fingerprint density at radius 1 is 1.09 bits per heavy atom. The Kier molecular flexibility index (Phi) is 6.42. The molecule has 0 aliphatic carbocycles. The fourth-order valence-electron chi connectivity index (χ4n) is 3.34. The molecule has 4 rings (SSSR count). The van der Waals surface area contributed by atoms with Crippen LogP contribution in [0.3, 0.4) is 0 Å². The smallest absolute Gasteiger partial charge is 0.282 e. The largest absolute Gasteiger partial charge is 0.489 e. The Hall–Kier alpha value is -3.32. The number of halogens is 2.